The van der Waals surface area contributed by atoms with Crippen LogP contribution in [-0.2, 0) is 14.8 Å². The van der Waals surface area contributed by atoms with E-state index in [4.69, 9.17) is 10.00 Å². The molecule has 0 aromatic heterocycles. The maximum atomic E-state index is 12.1. The molecule has 1 spiro atoms. The van der Waals surface area contributed by atoms with Crippen LogP contribution in [0.25, 0.3) is 0 Å². The van der Waals surface area contributed by atoms with Gasteiger partial charge in [0.25, 0.3) is 0 Å². The van der Waals surface area contributed by atoms with Crippen molar-refractivity contribution in [2.24, 2.45) is 5.41 Å². The van der Waals surface area contributed by atoms with Crippen LogP contribution in [-0.4, -0.2) is 32.9 Å². The molecule has 2 saturated carbocycles. The van der Waals surface area contributed by atoms with Crippen LogP contribution < -0.4 is 4.72 Å². The Balaban J connectivity index is 1.98. The van der Waals surface area contributed by atoms with Gasteiger partial charge in [0.1, 0.15) is 0 Å². The number of hydrogen-bond donors (Lipinski definition) is 1. The first-order valence-corrected chi connectivity index (χ1v) is 9.68. The molecule has 1 N–H and O–H groups in total. The van der Waals surface area contributed by atoms with Crippen molar-refractivity contribution in [3.8, 4) is 6.07 Å². The summed E-state index contributed by atoms with van der Waals surface area (Å²) >= 11 is 0. The number of unbranched alkanes of at least 4 members (excludes halogenated alkanes) is 1. The van der Waals surface area contributed by atoms with Crippen LogP contribution in [0.4, 0.5) is 0 Å². The Morgan fingerprint density at radius 3 is 2.67 bits per heavy atom. The molecule has 5 nitrogen and oxygen atoms in total. The maximum absolute atomic E-state index is 12.1. The fourth-order valence-electron chi connectivity index (χ4n) is 3.85. The number of ether oxygens (including phenoxy) is 1. The Bertz CT molecular complexity index is 478. The van der Waals surface area contributed by atoms with Crippen molar-refractivity contribution in [3.63, 3.8) is 0 Å². The van der Waals surface area contributed by atoms with Gasteiger partial charge in [-0.25, -0.2) is 13.1 Å². The fraction of sp³-hybridized carbons (Fsp3) is 0.933. The zero-order valence-electron chi connectivity index (χ0n) is 12.8. The van der Waals surface area contributed by atoms with Gasteiger partial charge in [-0.2, -0.15) is 5.26 Å². The van der Waals surface area contributed by atoms with E-state index in [-0.39, 0.29) is 29.7 Å². The van der Waals surface area contributed by atoms with Crippen molar-refractivity contribution in [2.75, 3.05) is 12.4 Å². The number of sulfonamides is 1. The topological polar surface area (TPSA) is 79.2 Å². The summed E-state index contributed by atoms with van der Waals surface area (Å²) < 4.78 is 33.0. The van der Waals surface area contributed by atoms with Crippen LogP contribution >= 0.6 is 0 Å². The lowest BCUT2D eigenvalue weighted by molar-refractivity contribution is -0.144. The lowest BCUT2D eigenvalue weighted by Crippen LogP contribution is -2.65. The fourth-order valence-corrected chi connectivity index (χ4v) is 5.25. The first-order chi connectivity index (χ1) is 10.0. The summed E-state index contributed by atoms with van der Waals surface area (Å²) in [5.74, 6) is 0.0481. The second-order valence-electron chi connectivity index (χ2n) is 6.22. The van der Waals surface area contributed by atoms with Crippen molar-refractivity contribution in [3.05, 3.63) is 0 Å². The number of nitrogens with zero attached hydrogens (tertiary/aromatic N) is 1. The van der Waals surface area contributed by atoms with Gasteiger partial charge in [0.2, 0.25) is 10.0 Å². The van der Waals surface area contributed by atoms with E-state index in [0.717, 1.165) is 32.1 Å². The normalized spacial score (nSPS) is 28.0. The Morgan fingerprint density at radius 2 is 2.05 bits per heavy atom. The van der Waals surface area contributed by atoms with Crippen LogP contribution in [0.15, 0.2) is 0 Å². The summed E-state index contributed by atoms with van der Waals surface area (Å²) in [6.45, 7) is 2.68. The zero-order valence-corrected chi connectivity index (χ0v) is 13.6. The Labute approximate surface area is 128 Å². The summed E-state index contributed by atoms with van der Waals surface area (Å²) in [6.07, 6.45) is 7.36. The van der Waals surface area contributed by atoms with Gasteiger partial charge < -0.3 is 4.74 Å². The van der Waals surface area contributed by atoms with Gasteiger partial charge in [-0.05, 0) is 32.6 Å². The zero-order chi connectivity index (χ0) is 15.3. The largest absolute Gasteiger partial charge is 0.378 e. The summed E-state index contributed by atoms with van der Waals surface area (Å²) in [6, 6.07) is 2.01. The molecule has 0 bridgehead atoms. The first kappa shape index (κ1) is 16.7. The second kappa shape index (κ2) is 7.08. The van der Waals surface area contributed by atoms with Crippen molar-refractivity contribution >= 4 is 10.0 Å². The number of rotatable bonds is 7. The van der Waals surface area contributed by atoms with E-state index in [1.165, 1.54) is 6.42 Å². The smallest absolute Gasteiger partial charge is 0.211 e. The number of hydrogen-bond acceptors (Lipinski definition) is 4. The summed E-state index contributed by atoms with van der Waals surface area (Å²) in [5.41, 5.74) is 0.0105. The molecule has 2 aliphatic carbocycles. The van der Waals surface area contributed by atoms with Crippen LogP contribution in [0.2, 0.25) is 0 Å². The van der Waals surface area contributed by atoms with E-state index in [1.54, 1.807) is 0 Å². The SMILES string of the molecule is CCO[C@@H]1C[C@H](NS(=O)(=O)CCCC#N)C12CCCCC2. The highest BCUT2D eigenvalue weighted by Gasteiger charge is 2.56. The highest BCUT2D eigenvalue weighted by atomic mass is 32.2. The van der Waals surface area contributed by atoms with Gasteiger partial charge in [-0.15, -0.1) is 0 Å². The van der Waals surface area contributed by atoms with E-state index < -0.39 is 10.0 Å². The summed E-state index contributed by atoms with van der Waals surface area (Å²) in [7, 11) is -3.28. The molecule has 120 valence electrons. The average molecular weight is 314 g/mol. The third kappa shape index (κ3) is 3.77. The van der Waals surface area contributed by atoms with Gasteiger partial charge in [0.05, 0.1) is 17.9 Å². The number of nitriles is 1. The second-order valence-corrected chi connectivity index (χ2v) is 8.10. The van der Waals surface area contributed by atoms with Crippen LogP contribution in [0.5, 0.6) is 0 Å². The van der Waals surface area contributed by atoms with E-state index >= 15 is 0 Å². The quantitative estimate of drug-likeness (QED) is 0.731. The minimum atomic E-state index is -3.28. The molecule has 0 aromatic carbocycles. The lowest BCUT2D eigenvalue weighted by Gasteiger charge is -2.57. The van der Waals surface area contributed by atoms with Gasteiger partial charge in [0.15, 0.2) is 0 Å². The predicted molar refractivity (Wildman–Crippen MR) is 81.1 cm³/mol. The lowest BCUT2D eigenvalue weighted by atomic mass is 9.55. The van der Waals surface area contributed by atoms with E-state index in [9.17, 15) is 8.42 Å². The number of nitrogens with one attached hydrogen (secondary N) is 1. The molecule has 6 heteroatoms. The van der Waals surface area contributed by atoms with E-state index in [1.807, 2.05) is 13.0 Å². The molecule has 0 saturated heterocycles. The summed E-state index contributed by atoms with van der Waals surface area (Å²) in [4.78, 5) is 0. The molecule has 2 atom stereocenters. The molecule has 2 rings (SSSR count). The standard InChI is InChI=1S/C15H26N2O3S/c1-2-20-14-12-13(15(14)8-4-3-5-9-15)17-21(18,19)11-7-6-10-16/h13-14,17H,2-9,11-12H2,1H3/t13-,14+/m0/s1. The Morgan fingerprint density at radius 1 is 1.33 bits per heavy atom. The van der Waals surface area contributed by atoms with Crippen LogP contribution in [0.1, 0.15) is 58.3 Å². The Hall–Kier alpha value is -0.640. The van der Waals surface area contributed by atoms with Crippen molar-refractivity contribution in [1.82, 2.24) is 4.72 Å². The Kier molecular flexibility index (Phi) is 5.64. The minimum Gasteiger partial charge on any atom is -0.378 e. The third-order valence-corrected chi connectivity index (χ3v) is 6.43. The average Bonchev–Trinajstić information content (AvgIpc) is 2.47. The summed E-state index contributed by atoms with van der Waals surface area (Å²) in [5, 5.41) is 8.51. The molecule has 21 heavy (non-hydrogen) atoms. The first-order valence-electron chi connectivity index (χ1n) is 8.02. The molecular weight excluding hydrogens is 288 g/mol. The van der Waals surface area contributed by atoms with Gasteiger partial charge in [-0.3, -0.25) is 0 Å². The molecule has 0 amide bonds. The minimum absolute atomic E-state index is 0.0105. The van der Waals surface area contributed by atoms with Crippen molar-refractivity contribution < 1.29 is 13.2 Å². The highest BCUT2D eigenvalue weighted by Crippen LogP contribution is 2.53. The van der Waals surface area contributed by atoms with Crippen LogP contribution in [0.3, 0.4) is 0 Å². The molecule has 0 aromatic rings. The molecule has 0 unspecified atom stereocenters. The molecule has 0 aliphatic heterocycles. The molecule has 2 aliphatic rings. The van der Waals surface area contributed by atoms with Gasteiger partial charge >= 0.3 is 0 Å². The van der Waals surface area contributed by atoms with E-state index in [2.05, 4.69) is 4.72 Å². The van der Waals surface area contributed by atoms with Gasteiger partial charge in [0, 0.05) is 24.5 Å². The monoisotopic (exact) mass is 314 g/mol. The predicted octanol–water partition coefficient (Wildman–Crippen LogP) is 2.34. The van der Waals surface area contributed by atoms with Crippen molar-refractivity contribution in [2.45, 2.75) is 70.4 Å². The third-order valence-electron chi connectivity index (χ3n) is 4.96. The van der Waals surface area contributed by atoms with Crippen molar-refractivity contribution in [1.29, 1.82) is 5.26 Å². The van der Waals surface area contributed by atoms with Crippen LogP contribution in [0, 0.1) is 16.7 Å². The molecule has 0 heterocycles. The molecular formula is C15H26N2O3S. The van der Waals surface area contributed by atoms with E-state index in [0.29, 0.717) is 13.0 Å². The highest BCUT2D eigenvalue weighted by molar-refractivity contribution is 7.89. The molecule has 0 radical (unpaired) electrons. The maximum Gasteiger partial charge on any atom is 0.211 e. The molecule has 2 fully saturated rings. The van der Waals surface area contributed by atoms with Gasteiger partial charge in [-0.1, -0.05) is 19.3 Å².